The molecule has 6 amide bonds. The molecule has 2 aromatic heterocycles. The molecule has 4 heterocycles. The van der Waals surface area contributed by atoms with Gasteiger partial charge in [-0.15, -0.1) is 0 Å². The van der Waals surface area contributed by atoms with Crippen molar-refractivity contribution in [2.45, 2.75) is 76.3 Å². The molecule has 2 fully saturated rings. The van der Waals surface area contributed by atoms with Gasteiger partial charge in [0, 0.05) is 32.0 Å². The van der Waals surface area contributed by atoms with Crippen LogP contribution >= 0.6 is 0 Å². The molecule has 0 aliphatic carbocycles. The summed E-state index contributed by atoms with van der Waals surface area (Å²) in [7, 11) is 1.77. The normalized spacial score (nSPS) is 25.8. The van der Waals surface area contributed by atoms with Gasteiger partial charge in [-0.05, 0) is 31.2 Å². The van der Waals surface area contributed by atoms with Crippen molar-refractivity contribution in [3.8, 4) is 0 Å². The van der Waals surface area contributed by atoms with Crippen LogP contribution in [-0.2, 0) is 31.0 Å². The highest BCUT2D eigenvalue weighted by Crippen LogP contribution is 2.22. The van der Waals surface area contributed by atoms with E-state index in [2.05, 4.69) is 31.7 Å². The van der Waals surface area contributed by atoms with Crippen LogP contribution in [0.5, 0.6) is 0 Å². The number of amides is 6. The third-order valence-corrected chi connectivity index (χ3v) is 8.82. The predicted molar refractivity (Wildman–Crippen MR) is 175 cm³/mol. The van der Waals surface area contributed by atoms with Gasteiger partial charge in [0.15, 0.2) is 0 Å². The van der Waals surface area contributed by atoms with E-state index in [1.807, 2.05) is 13.8 Å². The maximum absolute atomic E-state index is 13.9. The van der Waals surface area contributed by atoms with Gasteiger partial charge in [-0.25, -0.2) is 4.52 Å². The summed E-state index contributed by atoms with van der Waals surface area (Å²) in [5.41, 5.74) is 1.49. The molecular weight excluding hydrogens is 634 g/mol. The first-order valence-electron chi connectivity index (χ1n) is 16.3. The number of nitrogens with zero attached hydrogens (tertiary/aromatic N) is 4. The molecule has 2 aliphatic rings. The van der Waals surface area contributed by atoms with Crippen molar-refractivity contribution in [2.75, 3.05) is 13.2 Å². The van der Waals surface area contributed by atoms with Gasteiger partial charge >= 0.3 is 0 Å². The van der Waals surface area contributed by atoms with E-state index < -0.39 is 78.3 Å². The molecule has 16 heteroatoms. The SMILES string of the molecule is CC(C)C[C@@H]1NC(=O)C[C@H](c2ccccc2)NC(=O)[C@H](C)NC(=O)[C@@H]2C[C@H](NC(=O)c3cnn4ccn(C)c34)CN2C(=O)[C@@H](CO)NC1=O. The number of benzene rings is 1. The van der Waals surface area contributed by atoms with E-state index in [9.17, 15) is 33.9 Å². The zero-order valence-electron chi connectivity index (χ0n) is 27.9. The number of hydrogen-bond donors (Lipinski definition) is 6. The summed E-state index contributed by atoms with van der Waals surface area (Å²) >= 11 is 0. The number of aryl methyl sites for hydroxylation is 1. The summed E-state index contributed by atoms with van der Waals surface area (Å²) in [6, 6.07) is 2.65. The van der Waals surface area contributed by atoms with Gasteiger partial charge in [0.25, 0.3) is 5.91 Å². The smallest absolute Gasteiger partial charge is 0.256 e. The highest BCUT2D eigenvalue weighted by atomic mass is 16.3. The van der Waals surface area contributed by atoms with Crippen LogP contribution in [0.25, 0.3) is 5.65 Å². The maximum Gasteiger partial charge on any atom is 0.256 e. The molecule has 3 aromatic rings. The fourth-order valence-electron chi connectivity index (χ4n) is 6.32. The molecule has 0 saturated carbocycles. The van der Waals surface area contributed by atoms with Crippen LogP contribution < -0.4 is 26.6 Å². The lowest BCUT2D eigenvalue weighted by Gasteiger charge is -2.30. The molecule has 1 aromatic carbocycles. The van der Waals surface area contributed by atoms with E-state index in [4.69, 9.17) is 0 Å². The van der Waals surface area contributed by atoms with Gasteiger partial charge in [0.2, 0.25) is 29.5 Å². The van der Waals surface area contributed by atoms with E-state index in [1.54, 1.807) is 58.9 Å². The second kappa shape index (κ2) is 14.9. The van der Waals surface area contributed by atoms with Gasteiger partial charge in [-0.1, -0.05) is 44.2 Å². The lowest BCUT2D eigenvalue weighted by molar-refractivity contribution is -0.143. The Bertz CT molecular complexity index is 1720. The van der Waals surface area contributed by atoms with E-state index in [0.717, 1.165) is 0 Å². The highest BCUT2D eigenvalue weighted by molar-refractivity contribution is 6.00. The quantitative estimate of drug-likeness (QED) is 0.193. The summed E-state index contributed by atoms with van der Waals surface area (Å²) in [4.78, 5) is 82.5. The second-order valence-corrected chi connectivity index (χ2v) is 13.0. The summed E-state index contributed by atoms with van der Waals surface area (Å²) in [6.07, 6.45) is 4.89. The first-order valence-corrected chi connectivity index (χ1v) is 16.3. The molecule has 0 radical (unpaired) electrons. The number of rotatable bonds is 6. The fourth-order valence-corrected chi connectivity index (χ4v) is 6.32. The van der Waals surface area contributed by atoms with Crippen molar-refractivity contribution in [1.82, 2.24) is 45.7 Å². The molecule has 262 valence electrons. The number of fused-ring (bicyclic) bond motifs is 2. The van der Waals surface area contributed by atoms with Crippen molar-refractivity contribution in [3.63, 3.8) is 0 Å². The summed E-state index contributed by atoms with van der Waals surface area (Å²) in [5.74, 6) is -3.69. The molecule has 0 bridgehead atoms. The number of aromatic nitrogens is 3. The predicted octanol–water partition coefficient (Wildman–Crippen LogP) is -0.854. The standard InChI is InChI=1S/C33H43N9O7/c1-18(2)12-24-30(47)39-25(17-43)33(49)41-16-21(36-29(46)22-15-34-42-11-10-40(4)32(22)42)13-26(41)31(48)35-19(3)28(45)38-23(14-27(44)37-24)20-8-6-5-7-9-20/h5-11,15,18-19,21,23-26,43H,12-14,16-17H2,1-4H3,(H,35,48)(H,36,46)(H,37,44)(H,38,45)(H,39,47)/t19-,21-,23+,24-,25+,26-/m0/s1. The van der Waals surface area contributed by atoms with Gasteiger partial charge in [0.1, 0.15) is 35.4 Å². The lowest BCUT2D eigenvalue weighted by Crippen LogP contribution is -2.59. The molecule has 16 nitrogen and oxygen atoms in total. The van der Waals surface area contributed by atoms with E-state index in [-0.39, 0.29) is 31.7 Å². The number of aliphatic hydroxyl groups is 1. The van der Waals surface area contributed by atoms with Crippen LogP contribution in [0.4, 0.5) is 0 Å². The van der Waals surface area contributed by atoms with Gasteiger partial charge in [0.05, 0.1) is 25.3 Å². The zero-order valence-corrected chi connectivity index (χ0v) is 27.9. The van der Waals surface area contributed by atoms with Gasteiger partial charge in [-0.3, -0.25) is 28.8 Å². The monoisotopic (exact) mass is 677 g/mol. The van der Waals surface area contributed by atoms with Crippen molar-refractivity contribution in [3.05, 3.63) is 60.0 Å². The Morgan fingerprint density at radius 3 is 2.41 bits per heavy atom. The third kappa shape index (κ3) is 7.91. The Morgan fingerprint density at radius 1 is 0.980 bits per heavy atom. The average Bonchev–Trinajstić information content (AvgIpc) is 3.78. The van der Waals surface area contributed by atoms with Crippen LogP contribution in [0.3, 0.4) is 0 Å². The Labute approximate surface area is 283 Å². The van der Waals surface area contributed by atoms with Crippen molar-refractivity contribution >= 4 is 41.1 Å². The van der Waals surface area contributed by atoms with Crippen molar-refractivity contribution in [2.24, 2.45) is 13.0 Å². The molecule has 0 unspecified atom stereocenters. The average molecular weight is 678 g/mol. The first-order chi connectivity index (χ1) is 23.4. The molecule has 2 aliphatic heterocycles. The summed E-state index contributed by atoms with van der Waals surface area (Å²) in [5, 5.41) is 28.2. The number of nitrogens with one attached hydrogen (secondary N) is 5. The minimum absolute atomic E-state index is 0.0000206. The maximum atomic E-state index is 13.9. The number of aliphatic hydroxyl groups excluding tert-OH is 1. The van der Waals surface area contributed by atoms with Crippen molar-refractivity contribution in [1.29, 1.82) is 0 Å². The molecule has 49 heavy (non-hydrogen) atoms. The van der Waals surface area contributed by atoms with Gasteiger partial charge in [-0.2, -0.15) is 5.10 Å². The van der Waals surface area contributed by atoms with Crippen LogP contribution in [-0.4, -0.2) is 103 Å². The number of carbonyl (C=O) groups is 6. The Kier molecular flexibility index (Phi) is 10.7. The molecular formula is C33H43N9O7. The number of carbonyl (C=O) groups excluding carboxylic acids is 6. The largest absolute Gasteiger partial charge is 0.394 e. The number of imidazole rings is 1. The van der Waals surface area contributed by atoms with Gasteiger partial charge < -0.3 is 41.2 Å². The number of hydrogen-bond acceptors (Lipinski definition) is 8. The van der Waals surface area contributed by atoms with Crippen LogP contribution in [0.2, 0.25) is 0 Å². The van der Waals surface area contributed by atoms with Crippen LogP contribution in [0.15, 0.2) is 48.9 Å². The highest BCUT2D eigenvalue weighted by Gasteiger charge is 2.44. The lowest BCUT2D eigenvalue weighted by atomic mass is 10.00. The van der Waals surface area contributed by atoms with E-state index in [0.29, 0.717) is 16.8 Å². The Balaban J connectivity index is 1.44. The fraction of sp³-hybridized carbons (Fsp3) is 0.485. The topological polar surface area (TPSA) is 208 Å². The Morgan fingerprint density at radius 2 is 1.71 bits per heavy atom. The third-order valence-electron chi connectivity index (χ3n) is 8.82. The summed E-state index contributed by atoms with van der Waals surface area (Å²) < 4.78 is 3.28. The zero-order chi connectivity index (χ0) is 35.4. The van der Waals surface area contributed by atoms with Crippen LogP contribution in [0, 0.1) is 5.92 Å². The second-order valence-electron chi connectivity index (χ2n) is 13.0. The molecule has 6 atom stereocenters. The van der Waals surface area contributed by atoms with E-state index >= 15 is 0 Å². The minimum Gasteiger partial charge on any atom is -0.394 e. The summed E-state index contributed by atoms with van der Waals surface area (Å²) in [6.45, 7) is 4.33. The molecule has 5 rings (SSSR count). The molecule has 2 saturated heterocycles. The first kappa shape index (κ1) is 35.1. The molecule has 0 spiro atoms. The Hall–Kier alpha value is -5.25. The van der Waals surface area contributed by atoms with Crippen molar-refractivity contribution < 1.29 is 33.9 Å². The minimum atomic E-state index is -1.45. The van der Waals surface area contributed by atoms with E-state index in [1.165, 1.54) is 18.0 Å². The van der Waals surface area contributed by atoms with Crippen LogP contribution in [0.1, 0.15) is 62.0 Å². The molecule has 6 N–H and O–H groups in total.